The largest absolute Gasteiger partial charge is 0.326 e. The average Bonchev–Trinajstić information content (AvgIpc) is 2.15. The molecule has 0 aromatic carbocycles. The first-order chi connectivity index (χ1) is 7.30. The van der Waals surface area contributed by atoms with Crippen LogP contribution in [0.1, 0.15) is 12.5 Å². The van der Waals surface area contributed by atoms with Crippen molar-refractivity contribution >= 4 is 25.8 Å². The standard InChI is InChI=1S/C10H15BrN2O2S/c1-7(16(2,14)15)10(12)4-8-3-9(11)6-13-5-8/h3,5-7,10H,4,12H2,1-2H3. The molecule has 0 bridgehead atoms. The molecule has 1 heterocycles. The first kappa shape index (κ1) is 13.6. The Hall–Kier alpha value is -0.460. The summed E-state index contributed by atoms with van der Waals surface area (Å²) < 4.78 is 23.5. The second-order valence-electron chi connectivity index (χ2n) is 3.91. The molecule has 0 amide bonds. The SMILES string of the molecule is CC(C(N)Cc1cncc(Br)c1)S(C)(=O)=O. The van der Waals surface area contributed by atoms with Gasteiger partial charge in [-0.3, -0.25) is 4.98 Å². The van der Waals surface area contributed by atoms with Crippen LogP contribution < -0.4 is 5.73 Å². The minimum atomic E-state index is -3.09. The highest BCUT2D eigenvalue weighted by Gasteiger charge is 2.22. The number of nitrogens with two attached hydrogens (primary N) is 1. The number of nitrogens with zero attached hydrogens (tertiary/aromatic N) is 1. The maximum atomic E-state index is 11.3. The summed E-state index contributed by atoms with van der Waals surface area (Å²) in [7, 11) is -3.09. The predicted molar refractivity (Wildman–Crippen MR) is 67.9 cm³/mol. The van der Waals surface area contributed by atoms with Gasteiger partial charge in [-0.15, -0.1) is 0 Å². The van der Waals surface area contributed by atoms with Crippen molar-refractivity contribution in [3.63, 3.8) is 0 Å². The molecule has 0 fully saturated rings. The molecule has 0 spiro atoms. The Morgan fingerprint density at radius 3 is 2.62 bits per heavy atom. The summed E-state index contributed by atoms with van der Waals surface area (Å²) in [4.78, 5) is 4.01. The minimum absolute atomic E-state index is 0.411. The van der Waals surface area contributed by atoms with E-state index in [1.165, 1.54) is 6.26 Å². The van der Waals surface area contributed by atoms with Gasteiger partial charge >= 0.3 is 0 Å². The highest BCUT2D eigenvalue weighted by molar-refractivity contribution is 9.10. The van der Waals surface area contributed by atoms with Crippen molar-refractivity contribution in [3.05, 3.63) is 28.5 Å². The Kier molecular flexibility index (Phi) is 4.46. The monoisotopic (exact) mass is 306 g/mol. The summed E-state index contributed by atoms with van der Waals surface area (Å²) in [5.74, 6) is 0. The van der Waals surface area contributed by atoms with Gasteiger partial charge in [0.25, 0.3) is 0 Å². The van der Waals surface area contributed by atoms with E-state index in [-0.39, 0.29) is 0 Å². The number of aromatic nitrogens is 1. The average molecular weight is 307 g/mol. The van der Waals surface area contributed by atoms with Crippen molar-refractivity contribution < 1.29 is 8.42 Å². The van der Waals surface area contributed by atoms with Crippen molar-refractivity contribution in [3.8, 4) is 0 Å². The first-order valence-corrected chi connectivity index (χ1v) is 7.59. The van der Waals surface area contributed by atoms with E-state index in [0.29, 0.717) is 6.42 Å². The molecule has 0 aliphatic heterocycles. The normalized spacial score (nSPS) is 15.8. The van der Waals surface area contributed by atoms with Crippen LogP contribution in [0.15, 0.2) is 22.9 Å². The molecule has 4 nitrogen and oxygen atoms in total. The molecule has 2 atom stereocenters. The smallest absolute Gasteiger partial charge is 0.151 e. The summed E-state index contributed by atoms with van der Waals surface area (Å²) in [6.07, 6.45) is 5.08. The van der Waals surface area contributed by atoms with E-state index in [2.05, 4.69) is 20.9 Å². The number of hydrogen-bond donors (Lipinski definition) is 1. The van der Waals surface area contributed by atoms with Crippen LogP contribution in [-0.4, -0.2) is 30.9 Å². The molecule has 0 radical (unpaired) electrons. The predicted octanol–water partition coefficient (Wildman–Crippen LogP) is 1.15. The van der Waals surface area contributed by atoms with Crippen molar-refractivity contribution in [1.29, 1.82) is 0 Å². The molecular weight excluding hydrogens is 292 g/mol. The van der Waals surface area contributed by atoms with Gasteiger partial charge in [0, 0.05) is 29.2 Å². The second kappa shape index (κ2) is 5.25. The number of hydrogen-bond acceptors (Lipinski definition) is 4. The van der Waals surface area contributed by atoms with Gasteiger partial charge in [0.2, 0.25) is 0 Å². The Morgan fingerprint density at radius 2 is 2.12 bits per heavy atom. The van der Waals surface area contributed by atoms with Crippen LogP contribution in [0.4, 0.5) is 0 Å². The molecule has 16 heavy (non-hydrogen) atoms. The van der Waals surface area contributed by atoms with Crippen LogP contribution in [-0.2, 0) is 16.3 Å². The Morgan fingerprint density at radius 1 is 1.50 bits per heavy atom. The van der Waals surface area contributed by atoms with Gasteiger partial charge in [0.1, 0.15) is 0 Å². The van der Waals surface area contributed by atoms with Gasteiger partial charge in [-0.25, -0.2) is 8.42 Å². The number of halogens is 1. The van der Waals surface area contributed by atoms with E-state index in [9.17, 15) is 8.42 Å². The van der Waals surface area contributed by atoms with Gasteiger partial charge in [-0.1, -0.05) is 0 Å². The van der Waals surface area contributed by atoms with Crippen LogP contribution >= 0.6 is 15.9 Å². The molecule has 0 saturated heterocycles. The molecule has 1 aromatic rings. The van der Waals surface area contributed by atoms with E-state index in [4.69, 9.17) is 5.73 Å². The van der Waals surface area contributed by atoms with Crippen LogP contribution in [0.3, 0.4) is 0 Å². The van der Waals surface area contributed by atoms with Crippen LogP contribution in [0.2, 0.25) is 0 Å². The Bertz CT molecular complexity index is 462. The lowest BCUT2D eigenvalue weighted by atomic mass is 10.1. The lowest BCUT2D eigenvalue weighted by Gasteiger charge is -2.18. The number of sulfone groups is 1. The molecular formula is C10H15BrN2O2S. The van der Waals surface area contributed by atoms with E-state index < -0.39 is 21.1 Å². The zero-order chi connectivity index (χ0) is 12.3. The molecule has 0 aliphatic carbocycles. The third-order valence-corrected chi connectivity index (χ3v) is 4.65. The third kappa shape index (κ3) is 3.84. The molecule has 6 heteroatoms. The topological polar surface area (TPSA) is 73.0 Å². The van der Waals surface area contributed by atoms with Crippen LogP contribution in [0.5, 0.6) is 0 Å². The van der Waals surface area contributed by atoms with E-state index in [1.54, 1.807) is 19.3 Å². The summed E-state index contributed by atoms with van der Waals surface area (Å²) in [5, 5.41) is -0.550. The Labute approximate surface area is 104 Å². The summed E-state index contributed by atoms with van der Waals surface area (Å²) in [6.45, 7) is 1.63. The van der Waals surface area contributed by atoms with Gasteiger partial charge in [-0.2, -0.15) is 0 Å². The van der Waals surface area contributed by atoms with Crippen molar-refractivity contribution in [2.24, 2.45) is 5.73 Å². The van der Waals surface area contributed by atoms with Crippen molar-refractivity contribution in [1.82, 2.24) is 4.98 Å². The maximum absolute atomic E-state index is 11.3. The summed E-state index contributed by atoms with van der Waals surface area (Å²) in [5.41, 5.74) is 6.79. The van der Waals surface area contributed by atoms with Crippen LogP contribution in [0.25, 0.3) is 0 Å². The zero-order valence-corrected chi connectivity index (χ0v) is 11.6. The van der Waals surface area contributed by atoms with E-state index in [1.807, 2.05) is 6.07 Å². The Balaban J connectivity index is 2.75. The van der Waals surface area contributed by atoms with Crippen molar-refractivity contribution in [2.75, 3.05) is 6.26 Å². The van der Waals surface area contributed by atoms with Gasteiger partial charge in [0.15, 0.2) is 9.84 Å². The fraction of sp³-hybridized carbons (Fsp3) is 0.500. The first-order valence-electron chi connectivity index (χ1n) is 4.84. The maximum Gasteiger partial charge on any atom is 0.151 e. The van der Waals surface area contributed by atoms with Crippen LogP contribution in [0, 0.1) is 0 Å². The molecule has 2 unspecified atom stereocenters. The van der Waals surface area contributed by atoms with Gasteiger partial charge in [-0.05, 0) is 40.9 Å². The summed E-state index contributed by atoms with van der Waals surface area (Å²) in [6, 6.07) is 1.48. The lowest BCUT2D eigenvalue weighted by molar-refractivity contribution is 0.561. The highest BCUT2D eigenvalue weighted by atomic mass is 79.9. The fourth-order valence-electron chi connectivity index (χ4n) is 1.32. The molecule has 0 saturated carbocycles. The summed E-state index contributed by atoms with van der Waals surface area (Å²) >= 11 is 3.31. The second-order valence-corrected chi connectivity index (χ2v) is 7.23. The highest BCUT2D eigenvalue weighted by Crippen LogP contribution is 2.13. The van der Waals surface area contributed by atoms with Gasteiger partial charge < -0.3 is 5.73 Å². The molecule has 2 N–H and O–H groups in total. The van der Waals surface area contributed by atoms with Gasteiger partial charge in [0.05, 0.1) is 5.25 Å². The number of rotatable bonds is 4. The molecule has 90 valence electrons. The van der Waals surface area contributed by atoms with E-state index >= 15 is 0 Å². The fourth-order valence-corrected chi connectivity index (χ4v) is 2.47. The molecule has 0 aliphatic rings. The molecule has 1 rings (SSSR count). The van der Waals surface area contributed by atoms with E-state index in [0.717, 1.165) is 10.0 Å². The molecule has 1 aromatic heterocycles. The lowest BCUT2D eigenvalue weighted by Crippen LogP contribution is -2.39. The van der Waals surface area contributed by atoms with Crippen molar-refractivity contribution in [2.45, 2.75) is 24.6 Å². The number of pyridine rings is 1. The zero-order valence-electron chi connectivity index (χ0n) is 9.22. The third-order valence-electron chi connectivity index (χ3n) is 2.51. The minimum Gasteiger partial charge on any atom is -0.326 e. The quantitative estimate of drug-likeness (QED) is 0.905.